The molecule has 9 nitrogen and oxygen atoms in total. The molecular weight excluding hydrogens is 368 g/mol. The molecule has 0 saturated carbocycles. The molecular formula is C19H18N2O7. The number of fused-ring (bicyclic) bond motifs is 2. The number of amides is 1. The fraction of sp³-hybridized carbons (Fsp3) is 0.263. The molecule has 0 saturated heterocycles. The van der Waals surface area contributed by atoms with Crippen molar-refractivity contribution in [2.45, 2.75) is 12.6 Å². The van der Waals surface area contributed by atoms with Crippen LogP contribution in [0.25, 0.3) is 11.1 Å². The lowest BCUT2D eigenvalue weighted by molar-refractivity contribution is -0.122. The van der Waals surface area contributed by atoms with Gasteiger partial charge in [-0.3, -0.25) is 9.36 Å². The Labute approximate surface area is 159 Å². The number of para-hydroxylation sites is 2. The van der Waals surface area contributed by atoms with Crippen LogP contribution in [0.15, 0.2) is 51.7 Å². The van der Waals surface area contributed by atoms with Gasteiger partial charge in [-0.15, -0.1) is 0 Å². The van der Waals surface area contributed by atoms with Gasteiger partial charge < -0.3 is 29.1 Å². The average Bonchev–Trinajstić information content (AvgIpc) is 3.28. The Morgan fingerprint density at radius 2 is 2.04 bits per heavy atom. The summed E-state index contributed by atoms with van der Waals surface area (Å²) in [7, 11) is 0. The number of nitrogens with zero attached hydrogens (tertiary/aromatic N) is 1. The number of aliphatic hydroxyl groups is 1. The van der Waals surface area contributed by atoms with Crippen LogP contribution in [0.4, 0.5) is 0 Å². The SMILES string of the molecule is O=C(Cn1c(=O)oc2ccccc21)NCC(O)COc1ccc2c(c1)OCO2. The standard InChI is InChI=1S/C19H18N2O7/c22-12(10-25-13-5-6-16-17(7-13)27-11-26-16)8-20-18(23)9-21-14-3-1-2-4-15(14)28-19(21)24/h1-7,12,22H,8-11H2,(H,20,23). The summed E-state index contributed by atoms with van der Waals surface area (Å²) in [4.78, 5) is 24.0. The molecule has 2 heterocycles. The third-order valence-corrected chi connectivity index (χ3v) is 4.20. The van der Waals surface area contributed by atoms with Gasteiger partial charge in [0.25, 0.3) is 0 Å². The zero-order valence-corrected chi connectivity index (χ0v) is 14.8. The summed E-state index contributed by atoms with van der Waals surface area (Å²) in [5.41, 5.74) is 0.951. The molecule has 0 fully saturated rings. The minimum Gasteiger partial charge on any atom is -0.491 e. The monoisotopic (exact) mass is 386 g/mol. The van der Waals surface area contributed by atoms with E-state index in [2.05, 4.69) is 5.32 Å². The number of oxazole rings is 1. The minimum atomic E-state index is -0.924. The van der Waals surface area contributed by atoms with Crippen molar-refractivity contribution in [1.82, 2.24) is 9.88 Å². The van der Waals surface area contributed by atoms with Crippen molar-refractivity contribution in [3.8, 4) is 17.2 Å². The van der Waals surface area contributed by atoms with Gasteiger partial charge >= 0.3 is 5.76 Å². The highest BCUT2D eigenvalue weighted by Crippen LogP contribution is 2.35. The second-order valence-electron chi connectivity index (χ2n) is 6.21. The molecule has 0 bridgehead atoms. The smallest absolute Gasteiger partial charge is 0.420 e. The number of rotatable bonds is 7. The number of carbonyl (C=O) groups is 1. The summed E-state index contributed by atoms with van der Waals surface area (Å²) in [6.07, 6.45) is -0.924. The maximum absolute atomic E-state index is 12.1. The summed E-state index contributed by atoms with van der Waals surface area (Å²) in [5.74, 6) is 0.713. The van der Waals surface area contributed by atoms with Crippen LogP contribution in [-0.2, 0) is 11.3 Å². The first-order chi connectivity index (χ1) is 13.6. The topological polar surface area (TPSA) is 112 Å². The van der Waals surface area contributed by atoms with Crippen LogP contribution in [0.3, 0.4) is 0 Å². The first-order valence-electron chi connectivity index (χ1n) is 8.66. The van der Waals surface area contributed by atoms with E-state index in [1.165, 1.54) is 4.57 Å². The molecule has 2 N–H and O–H groups in total. The molecule has 146 valence electrons. The number of aliphatic hydroxyl groups excluding tert-OH is 1. The van der Waals surface area contributed by atoms with Crippen LogP contribution in [0.5, 0.6) is 17.2 Å². The van der Waals surface area contributed by atoms with Gasteiger partial charge in [0, 0.05) is 12.6 Å². The van der Waals surface area contributed by atoms with Gasteiger partial charge in [0.2, 0.25) is 12.7 Å². The van der Waals surface area contributed by atoms with Crippen molar-refractivity contribution in [3.63, 3.8) is 0 Å². The lowest BCUT2D eigenvalue weighted by Crippen LogP contribution is -2.38. The predicted molar refractivity (Wildman–Crippen MR) is 97.6 cm³/mol. The van der Waals surface area contributed by atoms with E-state index < -0.39 is 17.8 Å². The summed E-state index contributed by atoms with van der Waals surface area (Å²) in [5, 5.41) is 12.6. The molecule has 9 heteroatoms. The lowest BCUT2D eigenvalue weighted by Gasteiger charge is -2.13. The number of aromatic nitrogens is 1. The minimum absolute atomic E-state index is 0.0193. The summed E-state index contributed by atoms with van der Waals surface area (Å²) < 4.78 is 22.3. The molecule has 1 amide bonds. The molecule has 3 aromatic rings. The van der Waals surface area contributed by atoms with E-state index in [-0.39, 0.29) is 26.5 Å². The maximum Gasteiger partial charge on any atom is 0.420 e. The van der Waals surface area contributed by atoms with Crippen LogP contribution in [0.2, 0.25) is 0 Å². The van der Waals surface area contributed by atoms with Crippen molar-refractivity contribution in [2.24, 2.45) is 0 Å². The van der Waals surface area contributed by atoms with Crippen LogP contribution in [0, 0.1) is 0 Å². The summed E-state index contributed by atoms with van der Waals surface area (Å²) in [6.45, 7) is -0.0729. The number of ether oxygens (including phenoxy) is 3. The molecule has 0 spiro atoms. The van der Waals surface area contributed by atoms with Crippen molar-refractivity contribution in [1.29, 1.82) is 0 Å². The van der Waals surface area contributed by atoms with Gasteiger partial charge in [0.05, 0.1) is 5.52 Å². The second-order valence-corrected chi connectivity index (χ2v) is 6.21. The summed E-state index contributed by atoms with van der Waals surface area (Å²) >= 11 is 0. The highest BCUT2D eigenvalue weighted by atomic mass is 16.7. The third-order valence-electron chi connectivity index (χ3n) is 4.20. The van der Waals surface area contributed by atoms with Crippen molar-refractivity contribution >= 4 is 17.0 Å². The second kappa shape index (κ2) is 7.65. The van der Waals surface area contributed by atoms with Crippen LogP contribution in [0.1, 0.15) is 0 Å². The van der Waals surface area contributed by atoms with Crippen LogP contribution < -0.4 is 25.3 Å². The highest BCUT2D eigenvalue weighted by Gasteiger charge is 2.16. The average molecular weight is 386 g/mol. The number of hydrogen-bond donors (Lipinski definition) is 2. The maximum atomic E-state index is 12.1. The molecule has 0 aliphatic carbocycles. The van der Waals surface area contributed by atoms with E-state index in [0.717, 1.165) is 0 Å². The number of carbonyl (C=O) groups excluding carboxylic acids is 1. The Bertz CT molecular complexity index is 1060. The molecule has 1 aliphatic heterocycles. The fourth-order valence-corrected chi connectivity index (χ4v) is 2.81. The fourth-order valence-electron chi connectivity index (χ4n) is 2.81. The molecule has 1 aliphatic rings. The Morgan fingerprint density at radius 1 is 1.21 bits per heavy atom. The molecule has 0 radical (unpaired) electrons. The Morgan fingerprint density at radius 3 is 2.93 bits per heavy atom. The van der Waals surface area contributed by atoms with E-state index in [0.29, 0.717) is 28.3 Å². The normalized spacial score (nSPS) is 13.5. The Hall–Kier alpha value is -3.46. The molecule has 4 rings (SSSR count). The van der Waals surface area contributed by atoms with E-state index in [1.54, 1.807) is 42.5 Å². The molecule has 2 aromatic carbocycles. The van der Waals surface area contributed by atoms with Crippen LogP contribution >= 0.6 is 0 Å². The van der Waals surface area contributed by atoms with Crippen molar-refractivity contribution in [2.75, 3.05) is 19.9 Å². The zero-order valence-electron chi connectivity index (χ0n) is 14.8. The van der Waals surface area contributed by atoms with E-state index >= 15 is 0 Å². The predicted octanol–water partition coefficient (Wildman–Crippen LogP) is 0.879. The lowest BCUT2D eigenvalue weighted by atomic mass is 10.3. The number of nitrogens with one attached hydrogen (secondary N) is 1. The van der Waals surface area contributed by atoms with Gasteiger partial charge in [0.15, 0.2) is 17.1 Å². The highest BCUT2D eigenvalue weighted by molar-refractivity contribution is 5.79. The van der Waals surface area contributed by atoms with Gasteiger partial charge in [-0.1, -0.05) is 12.1 Å². The van der Waals surface area contributed by atoms with Gasteiger partial charge in [-0.2, -0.15) is 0 Å². The number of hydrogen-bond acceptors (Lipinski definition) is 7. The van der Waals surface area contributed by atoms with Crippen LogP contribution in [-0.4, -0.2) is 41.6 Å². The van der Waals surface area contributed by atoms with Gasteiger partial charge in [-0.25, -0.2) is 4.79 Å². The summed E-state index contributed by atoms with van der Waals surface area (Å²) in [6, 6.07) is 11.9. The largest absolute Gasteiger partial charge is 0.491 e. The zero-order chi connectivity index (χ0) is 19.5. The molecule has 1 unspecified atom stereocenters. The van der Waals surface area contributed by atoms with E-state index in [9.17, 15) is 14.7 Å². The molecule has 1 atom stereocenters. The van der Waals surface area contributed by atoms with Gasteiger partial charge in [0.1, 0.15) is 25.0 Å². The van der Waals surface area contributed by atoms with Crippen molar-refractivity contribution < 1.29 is 28.5 Å². The van der Waals surface area contributed by atoms with Gasteiger partial charge in [-0.05, 0) is 24.3 Å². The van der Waals surface area contributed by atoms with E-state index in [1.807, 2.05) is 0 Å². The molecule has 28 heavy (non-hydrogen) atoms. The third kappa shape index (κ3) is 3.79. The first kappa shape index (κ1) is 17.9. The van der Waals surface area contributed by atoms with E-state index in [4.69, 9.17) is 18.6 Å². The number of benzene rings is 2. The molecule has 1 aromatic heterocycles. The quantitative estimate of drug-likeness (QED) is 0.620. The first-order valence-corrected chi connectivity index (χ1v) is 8.66. The Balaban J connectivity index is 1.27. The van der Waals surface area contributed by atoms with Crippen molar-refractivity contribution in [3.05, 3.63) is 53.0 Å². The Kier molecular flexibility index (Phi) is 4.90.